The van der Waals surface area contributed by atoms with Crippen molar-refractivity contribution < 1.29 is 9.53 Å². The van der Waals surface area contributed by atoms with Gasteiger partial charge in [0.25, 0.3) is 0 Å². The number of anilines is 1. The number of carbonyl (C=O) groups excluding carboxylic acids is 1. The zero-order chi connectivity index (χ0) is 23.6. The summed E-state index contributed by atoms with van der Waals surface area (Å²) in [5, 5.41) is 1.28. The molecular weight excluding hydrogens is 458 g/mol. The molecule has 1 amide bonds. The average molecular weight is 492 g/mol. The summed E-state index contributed by atoms with van der Waals surface area (Å²) < 4.78 is 11.4. The highest BCUT2D eigenvalue weighted by Gasteiger charge is 2.25. The second-order valence-corrected chi connectivity index (χ2v) is 10.6. The Morgan fingerprint density at radius 1 is 0.914 bits per heavy atom. The molecule has 184 valence electrons. The number of benzene rings is 2. The van der Waals surface area contributed by atoms with Gasteiger partial charge < -0.3 is 14.5 Å². The predicted octanol–water partition coefficient (Wildman–Crippen LogP) is 2.84. The van der Waals surface area contributed by atoms with E-state index in [2.05, 4.69) is 57.2 Å². The van der Waals surface area contributed by atoms with Gasteiger partial charge in [0.15, 0.2) is 0 Å². The van der Waals surface area contributed by atoms with Crippen LogP contribution in [0.25, 0.3) is 10.1 Å². The highest BCUT2D eigenvalue weighted by molar-refractivity contribution is 7.13. The quantitative estimate of drug-likeness (QED) is 0.529. The second kappa shape index (κ2) is 10.2. The summed E-state index contributed by atoms with van der Waals surface area (Å²) in [7, 11) is 0. The van der Waals surface area contributed by atoms with Gasteiger partial charge in [-0.25, -0.2) is 0 Å². The standard InChI is InChI=1S/C27H33N5O2S/c33-26(31-13-15-34-16-14-31)20-30-18-22-6-5-21(17-23(22)19-30)7-8-29-9-11-32(12-10-29)27-24-3-1-2-4-25(24)35-28-27/h1-6,17H,7-16,18-20H2. The van der Waals surface area contributed by atoms with E-state index in [1.165, 1.54) is 26.8 Å². The Balaban J connectivity index is 0.987. The van der Waals surface area contributed by atoms with Crippen LogP contribution in [0.3, 0.4) is 0 Å². The van der Waals surface area contributed by atoms with Gasteiger partial charge >= 0.3 is 0 Å². The third kappa shape index (κ3) is 5.07. The monoisotopic (exact) mass is 491 g/mol. The molecule has 3 aliphatic rings. The van der Waals surface area contributed by atoms with E-state index in [9.17, 15) is 4.79 Å². The van der Waals surface area contributed by atoms with Crippen LogP contribution in [0.15, 0.2) is 42.5 Å². The van der Waals surface area contributed by atoms with E-state index in [0.29, 0.717) is 19.8 Å². The van der Waals surface area contributed by atoms with Crippen LogP contribution in [0.5, 0.6) is 0 Å². The maximum atomic E-state index is 12.6. The Hall–Kier alpha value is -2.52. The minimum absolute atomic E-state index is 0.228. The van der Waals surface area contributed by atoms with Gasteiger partial charge in [-0.1, -0.05) is 30.3 Å². The lowest BCUT2D eigenvalue weighted by Crippen LogP contribution is -2.47. The van der Waals surface area contributed by atoms with Crippen LogP contribution in [-0.2, 0) is 29.0 Å². The number of carbonyl (C=O) groups is 1. The lowest BCUT2D eigenvalue weighted by atomic mass is 10.0. The first-order valence-electron chi connectivity index (χ1n) is 12.7. The van der Waals surface area contributed by atoms with Crippen molar-refractivity contribution in [3.63, 3.8) is 0 Å². The Labute approximate surface area is 211 Å². The number of nitrogens with zero attached hydrogens (tertiary/aromatic N) is 5. The molecule has 0 radical (unpaired) electrons. The minimum Gasteiger partial charge on any atom is -0.378 e. The van der Waals surface area contributed by atoms with Gasteiger partial charge in [-0.15, -0.1) is 0 Å². The molecule has 0 bridgehead atoms. The largest absolute Gasteiger partial charge is 0.378 e. The van der Waals surface area contributed by atoms with E-state index >= 15 is 0 Å². The molecule has 3 aliphatic heterocycles. The zero-order valence-electron chi connectivity index (χ0n) is 20.2. The highest BCUT2D eigenvalue weighted by atomic mass is 32.1. The van der Waals surface area contributed by atoms with Gasteiger partial charge in [0.1, 0.15) is 5.82 Å². The van der Waals surface area contributed by atoms with E-state index in [4.69, 9.17) is 9.11 Å². The van der Waals surface area contributed by atoms with Gasteiger partial charge in [0, 0.05) is 64.3 Å². The van der Waals surface area contributed by atoms with E-state index < -0.39 is 0 Å². The zero-order valence-corrected chi connectivity index (χ0v) is 21.0. The number of hydrogen-bond acceptors (Lipinski definition) is 7. The van der Waals surface area contributed by atoms with Crippen LogP contribution in [0, 0.1) is 0 Å². The smallest absolute Gasteiger partial charge is 0.236 e. The second-order valence-electron chi connectivity index (χ2n) is 9.82. The molecule has 6 rings (SSSR count). The Bertz CT molecular complexity index is 1180. The minimum atomic E-state index is 0.228. The summed E-state index contributed by atoms with van der Waals surface area (Å²) in [5.74, 6) is 1.38. The summed E-state index contributed by atoms with van der Waals surface area (Å²) >= 11 is 1.60. The first-order valence-corrected chi connectivity index (χ1v) is 13.5. The molecule has 0 aliphatic carbocycles. The number of hydrogen-bond donors (Lipinski definition) is 0. The molecule has 0 spiro atoms. The summed E-state index contributed by atoms with van der Waals surface area (Å²) in [5.41, 5.74) is 4.16. The summed E-state index contributed by atoms with van der Waals surface area (Å²) in [6.45, 7) is 10.3. The third-order valence-electron chi connectivity index (χ3n) is 7.53. The van der Waals surface area contributed by atoms with Crippen LogP contribution in [0.1, 0.15) is 16.7 Å². The number of morpholine rings is 1. The van der Waals surface area contributed by atoms with Crippen LogP contribution in [0.2, 0.25) is 0 Å². The van der Waals surface area contributed by atoms with E-state index in [0.717, 1.165) is 71.1 Å². The number of fused-ring (bicyclic) bond motifs is 2. The molecule has 0 atom stereocenters. The summed E-state index contributed by atoms with van der Waals surface area (Å²) in [6, 6.07) is 15.5. The molecular formula is C27H33N5O2S. The van der Waals surface area contributed by atoms with Crippen molar-refractivity contribution in [3.05, 3.63) is 59.2 Å². The normalized spacial score (nSPS) is 19.4. The Kier molecular flexibility index (Phi) is 6.69. The van der Waals surface area contributed by atoms with Crippen LogP contribution in [-0.4, -0.2) is 90.6 Å². The van der Waals surface area contributed by atoms with Crippen LogP contribution < -0.4 is 4.90 Å². The number of aromatic nitrogens is 1. The number of ether oxygens (including phenoxy) is 1. The van der Waals surface area contributed by atoms with Crippen LogP contribution >= 0.6 is 11.5 Å². The molecule has 0 N–H and O–H groups in total. The molecule has 3 aromatic rings. The Morgan fingerprint density at radius 2 is 1.71 bits per heavy atom. The first-order chi connectivity index (χ1) is 17.2. The summed E-state index contributed by atoms with van der Waals surface area (Å²) in [4.78, 5) is 21.9. The number of rotatable bonds is 6. The molecule has 2 fully saturated rings. The molecule has 7 nitrogen and oxygen atoms in total. The average Bonchev–Trinajstić information content (AvgIpc) is 3.51. The van der Waals surface area contributed by atoms with Gasteiger partial charge in [-0.2, -0.15) is 4.37 Å². The molecule has 35 heavy (non-hydrogen) atoms. The van der Waals surface area contributed by atoms with Crippen molar-refractivity contribution in [1.82, 2.24) is 19.1 Å². The van der Waals surface area contributed by atoms with E-state index in [1.807, 2.05) is 4.90 Å². The maximum absolute atomic E-state index is 12.6. The van der Waals surface area contributed by atoms with Crippen LogP contribution in [0.4, 0.5) is 5.82 Å². The molecule has 2 aromatic carbocycles. The highest BCUT2D eigenvalue weighted by Crippen LogP contribution is 2.30. The fourth-order valence-electron chi connectivity index (χ4n) is 5.46. The van der Waals surface area contributed by atoms with Crippen molar-refractivity contribution >= 4 is 33.3 Å². The predicted molar refractivity (Wildman–Crippen MR) is 140 cm³/mol. The molecule has 8 heteroatoms. The van der Waals surface area contributed by atoms with Crippen molar-refractivity contribution in [2.45, 2.75) is 19.5 Å². The molecule has 4 heterocycles. The summed E-state index contributed by atoms with van der Waals surface area (Å²) in [6.07, 6.45) is 1.07. The Morgan fingerprint density at radius 3 is 2.57 bits per heavy atom. The topological polar surface area (TPSA) is 52.2 Å². The van der Waals surface area contributed by atoms with Crippen molar-refractivity contribution in [3.8, 4) is 0 Å². The van der Waals surface area contributed by atoms with Gasteiger partial charge in [-0.3, -0.25) is 14.6 Å². The fraction of sp³-hybridized carbons (Fsp3) is 0.481. The SMILES string of the molecule is O=C(CN1Cc2ccc(CCN3CCN(c4nsc5ccccc45)CC3)cc2C1)N1CCOCC1. The molecule has 2 saturated heterocycles. The number of piperazine rings is 1. The number of amides is 1. The van der Waals surface area contributed by atoms with Gasteiger partial charge in [-0.05, 0) is 46.8 Å². The van der Waals surface area contributed by atoms with Crippen molar-refractivity contribution in [2.24, 2.45) is 0 Å². The lowest BCUT2D eigenvalue weighted by Gasteiger charge is -2.35. The molecule has 1 aromatic heterocycles. The first kappa shape index (κ1) is 22.9. The lowest BCUT2D eigenvalue weighted by molar-refractivity contribution is -0.136. The van der Waals surface area contributed by atoms with E-state index in [-0.39, 0.29) is 5.91 Å². The molecule has 0 unspecified atom stereocenters. The van der Waals surface area contributed by atoms with Gasteiger partial charge in [0.2, 0.25) is 5.91 Å². The van der Waals surface area contributed by atoms with E-state index in [1.54, 1.807) is 11.5 Å². The fourth-order valence-corrected chi connectivity index (χ4v) is 6.26. The van der Waals surface area contributed by atoms with Crippen molar-refractivity contribution in [2.75, 3.05) is 70.5 Å². The van der Waals surface area contributed by atoms with Gasteiger partial charge in [0.05, 0.1) is 24.5 Å². The van der Waals surface area contributed by atoms with Crippen molar-refractivity contribution in [1.29, 1.82) is 0 Å². The third-order valence-corrected chi connectivity index (χ3v) is 8.35. The molecule has 0 saturated carbocycles. The maximum Gasteiger partial charge on any atom is 0.236 e.